The van der Waals surface area contributed by atoms with E-state index >= 15 is 0 Å². The average molecular weight is 761 g/mol. The lowest BCUT2D eigenvalue weighted by atomic mass is 9.32. The lowest BCUT2D eigenvalue weighted by molar-refractivity contribution is -0.251. The first-order valence-corrected chi connectivity index (χ1v) is 21.0. The van der Waals surface area contributed by atoms with Gasteiger partial charge in [0.1, 0.15) is 12.6 Å². The molecule has 304 valence electrons. The van der Waals surface area contributed by atoms with Gasteiger partial charge in [-0.15, -0.1) is 0 Å². The Labute approximate surface area is 329 Å². The monoisotopic (exact) mass is 761 g/mol. The van der Waals surface area contributed by atoms with E-state index < -0.39 is 5.97 Å². The summed E-state index contributed by atoms with van der Waals surface area (Å²) < 4.78 is 12.4. The topological polar surface area (TPSA) is 137 Å². The summed E-state index contributed by atoms with van der Waals surface area (Å²) in [7, 11) is 0. The van der Waals surface area contributed by atoms with Crippen LogP contribution in [0.1, 0.15) is 147 Å². The summed E-state index contributed by atoms with van der Waals surface area (Å²) in [5, 5.41) is 5.27. The summed E-state index contributed by atoms with van der Waals surface area (Å²) >= 11 is 0. The van der Waals surface area contributed by atoms with E-state index in [-0.39, 0.29) is 70.5 Å². The number of amides is 2. The van der Waals surface area contributed by atoms with Crippen molar-refractivity contribution in [2.45, 2.75) is 146 Å². The number of ether oxygens (including phenoxy) is 2. The number of carbonyl (C=O) groups is 4. The molecule has 10 nitrogen and oxygen atoms in total. The molecule has 10 heteroatoms. The number of carbonyl (C=O) groups excluding carboxylic acids is 4. The molecule has 6 rings (SSSR count). The van der Waals surface area contributed by atoms with E-state index in [9.17, 15) is 19.2 Å². The number of rotatable bonds is 10. The van der Waals surface area contributed by atoms with Gasteiger partial charge in [0, 0.05) is 30.7 Å². The molecule has 1 aromatic heterocycles. The molecule has 0 bridgehead atoms. The average Bonchev–Trinajstić information content (AvgIpc) is 3.49. The van der Waals surface area contributed by atoms with E-state index in [0.717, 1.165) is 62.8 Å². The van der Waals surface area contributed by atoms with Gasteiger partial charge in [-0.3, -0.25) is 19.4 Å². The van der Waals surface area contributed by atoms with Crippen molar-refractivity contribution in [3.63, 3.8) is 0 Å². The van der Waals surface area contributed by atoms with E-state index in [2.05, 4.69) is 68.7 Å². The smallest absolute Gasteiger partial charge is 0.358 e. The Kier molecular flexibility index (Phi) is 11.2. The Morgan fingerprint density at radius 1 is 0.782 bits per heavy atom. The summed E-state index contributed by atoms with van der Waals surface area (Å²) in [4.78, 5) is 59.1. The van der Waals surface area contributed by atoms with Crippen molar-refractivity contribution < 1.29 is 28.7 Å². The summed E-state index contributed by atoms with van der Waals surface area (Å²) in [6.07, 6.45) is 10.7. The summed E-state index contributed by atoms with van der Waals surface area (Å²) in [5.74, 6) is 1.09. The maximum absolute atomic E-state index is 13.6. The van der Waals surface area contributed by atoms with E-state index in [4.69, 9.17) is 9.47 Å². The number of aryl methyl sites for hydroxylation is 3. The van der Waals surface area contributed by atoms with E-state index in [1.165, 1.54) is 25.3 Å². The molecular formula is C45H68N4O6. The van der Waals surface area contributed by atoms with Crippen molar-refractivity contribution in [2.24, 2.45) is 56.7 Å². The van der Waals surface area contributed by atoms with Crippen molar-refractivity contribution in [3.05, 3.63) is 34.9 Å². The van der Waals surface area contributed by atoms with Crippen LogP contribution in [-0.2, 0) is 23.9 Å². The number of hydrogen-bond acceptors (Lipinski definition) is 8. The van der Waals surface area contributed by atoms with Crippen molar-refractivity contribution >= 4 is 23.8 Å². The number of nitrogens with zero attached hydrogens (tertiary/aromatic N) is 2. The minimum Gasteiger partial charge on any atom is -0.460 e. The maximum Gasteiger partial charge on any atom is 0.358 e. The lowest BCUT2D eigenvalue weighted by Gasteiger charge is -2.73. The number of hydrogen-bond donors (Lipinski definition) is 2. The fraction of sp³-hybridized carbons (Fsp3) is 0.778. The molecule has 5 aliphatic carbocycles. The largest absolute Gasteiger partial charge is 0.460 e. The molecule has 1 heterocycles. The number of nitrogens with one attached hydrogen (secondary N) is 2. The highest BCUT2D eigenvalue weighted by atomic mass is 16.5. The molecule has 0 spiro atoms. The van der Waals surface area contributed by atoms with Crippen LogP contribution >= 0.6 is 0 Å². The first kappa shape index (κ1) is 41.3. The van der Waals surface area contributed by atoms with Crippen LogP contribution in [0.2, 0.25) is 0 Å². The minimum absolute atomic E-state index is 0.0658. The molecular weight excluding hydrogens is 693 g/mol. The third-order valence-corrected chi connectivity index (χ3v) is 16.8. The molecule has 5 fully saturated rings. The van der Waals surface area contributed by atoms with Crippen LogP contribution in [0.4, 0.5) is 0 Å². The second kappa shape index (κ2) is 14.9. The predicted octanol–water partition coefficient (Wildman–Crippen LogP) is 7.77. The number of fused-ring (bicyclic) bond motifs is 7. The third kappa shape index (κ3) is 7.04. The van der Waals surface area contributed by atoms with Crippen LogP contribution in [-0.4, -0.2) is 59.5 Å². The first-order chi connectivity index (χ1) is 25.7. The zero-order valence-corrected chi connectivity index (χ0v) is 35.4. The van der Waals surface area contributed by atoms with Gasteiger partial charge < -0.3 is 20.1 Å². The summed E-state index contributed by atoms with van der Waals surface area (Å²) in [6, 6.07) is 0. The summed E-state index contributed by atoms with van der Waals surface area (Å²) in [6.45, 7) is 26.7. The molecule has 0 aliphatic heterocycles. The molecule has 5 saturated carbocycles. The Morgan fingerprint density at radius 2 is 1.49 bits per heavy atom. The highest BCUT2D eigenvalue weighted by Crippen LogP contribution is 2.77. The van der Waals surface area contributed by atoms with E-state index in [0.29, 0.717) is 47.6 Å². The van der Waals surface area contributed by atoms with Crippen molar-refractivity contribution in [1.29, 1.82) is 0 Å². The second-order valence-corrected chi connectivity index (χ2v) is 19.8. The standard InChI is InChI=1S/C45H68N4O6/c1-26(2)31-14-20-45(25-54-40(53)39-29(5)48-27(3)28(4)49-39)22-21-43(10)32(38(31)45)12-13-34-42(9)18-16-35(41(7,8)33(42)15-19-44(34,43)11)55-37(52)24-47-36(51)17-23-46-30(6)50/h31-35,38H,1,12-25H2,2-11H3,(H,46,50)(H,47,51)/t31-,32+,33-,34+,35-,38+,42-,43+,44+,45+/m0/s1. The maximum atomic E-state index is 13.6. The molecule has 0 radical (unpaired) electrons. The van der Waals surface area contributed by atoms with Crippen LogP contribution in [0.5, 0.6) is 0 Å². The normalized spacial score (nSPS) is 37.3. The second-order valence-electron chi connectivity index (χ2n) is 19.8. The first-order valence-electron chi connectivity index (χ1n) is 21.0. The third-order valence-electron chi connectivity index (χ3n) is 16.8. The molecule has 0 aromatic carbocycles. The number of esters is 2. The van der Waals surface area contributed by atoms with Gasteiger partial charge >= 0.3 is 11.9 Å². The van der Waals surface area contributed by atoms with Crippen LogP contribution in [0, 0.1) is 77.4 Å². The zero-order valence-electron chi connectivity index (χ0n) is 35.4. The van der Waals surface area contributed by atoms with E-state index in [1.54, 1.807) is 0 Å². The van der Waals surface area contributed by atoms with Gasteiger partial charge in [-0.05, 0) is 138 Å². The number of aromatic nitrogens is 2. The van der Waals surface area contributed by atoms with Gasteiger partial charge in [-0.2, -0.15) is 0 Å². The molecule has 55 heavy (non-hydrogen) atoms. The van der Waals surface area contributed by atoms with E-state index in [1.807, 2.05) is 20.8 Å². The van der Waals surface area contributed by atoms with Crippen molar-refractivity contribution in [1.82, 2.24) is 20.6 Å². The predicted molar refractivity (Wildman–Crippen MR) is 212 cm³/mol. The molecule has 1 aromatic rings. The van der Waals surface area contributed by atoms with Crippen LogP contribution in [0.15, 0.2) is 12.2 Å². The van der Waals surface area contributed by atoms with Gasteiger partial charge in [-0.1, -0.05) is 46.8 Å². The Bertz CT molecular complexity index is 1720. The molecule has 2 N–H and O–H groups in total. The molecule has 0 saturated heterocycles. The highest BCUT2D eigenvalue weighted by molar-refractivity contribution is 5.88. The fourth-order valence-corrected chi connectivity index (χ4v) is 13.7. The van der Waals surface area contributed by atoms with Gasteiger partial charge in [0.05, 0.1) is 23.7 Å². The van der Waals surface area contributed by atoms with Gasteiger partial charge in [0.25, 0.3) is 0 Å². The van der Waals surface area contributed by atoms with Crippen LogP contribution in [0.25, 0.3) is 0 Å². The summed E-state index contributed by atoms with van der Waals surface area (Å²) in [5.41, 5.74) is 3.94. The molecule has 5 aliphatic rings. The molecule has 10 atom stereocenters. The van der Waals surface area contributed by atoms with Crippen molar-refractivity contribution in [2.75, 3.05) is 19.7 Å². The van der Waals surface area contributed by atoms with Gasteiger partial charge in [0.15, 0.2) is 5.69 Å². The minimum atomic E-state index is -0.403. The molecule has 2 amide bonds. The fourth-order valence-electron chi connectivity index (χ4n) is 13.7. The number of allylic oxidation sites excluding steroid dienone is 1. The van der Waals surface area contributed by atoms with Crippen LogP contribution < -0.4 is 10.6 Å². The van der Waals surface area contributed by atoms with Crippen molar-refractivity contribution in [3.8, 4) is 0 Å². The Balaban J connectivity index is 1.18. The Hall–Kier alpha value is -3.30. The molecule has 0 unspecified atom stereocenters. The SMILES string of the molecule is C=C(C)[C@@H]1CC[C@]2(COC(=O)c3nc(C)c(C)nc3C)CC[C@]3(C)[C@H](CC[C@@H]4[C@@]5(C)CC[C@H](OC(=O)CNC(=O)CCNC(C)=O)C(C)(C)[C@@H]5CC[C@]43C)[C@@H]12. The quantitative estimate of drug-likeness (QED) is 0.182. The highest BCUT2D eigenvalue weighted by Gasteiger charge is 2.71. The van der Waals surface area contributed by atoms with Crippen LogP contribution in [0.3, 0.4) is 0 Å². The van der Waals surface area contributed by atoms with Gasteiger partial charge in [0.2, 0.25) is 11.8 Å². The van der Waals surface area contributed by atoms with Gasteiger partial charge in [-0.25, -0.2) is 9.78 Å². The zero-order chi connectivity index (χ0) is 40.3. The lowest BCUT2D eigenvalue weighted by Crippen LogP contribution is -2.67. The Morgan fingerprint density at radius 3 is 2.18 bits per heavy atom.